The first-order valence-corrected chi connectivity index (χ1v) is 7.13. The summed E-state index contributed by atoms with van der Waals surface area (Å²) in [6.07, 6.45) is 6.90. The molecule has 0 N–H and O–H groups in total. The van der Waals surface area contributed by atoms with Crippen LogP contribution in [-0.2, 0) is 11.3 Å². The number of nitriles is 1. The van der Waals surface area contributed by atoms with E-state index < -0.39 is 0 Å². The van der Waals surface area contributed by atoms with Gasteiger partial charge in [-0.2, -0.15) is 10.4 Å². The maximum absolute atomic E-state index is 12.0. The molecule has 1 saturated heterocycles. The number of thioether (sulfide) groups is 1. The third-order valence-corrected chi connectivity index (χ3v) is 4.66. The maximum Gasteiger partial charge on any atom is 0.244 e. The van der Waals surface area contributed by atoms with Crippen molar-refractivity contribution in [3.05, 3.63) is 18.5 Å². The van der Waals surface area contributed by atoms with Crippen LogP contribution in [0.5, 0.6) is 0 Å². The highest BCUT2D eigenvalue weighted by Crippen LogP contribution is 2.33. The van der Waals surface area contributed by atoms with Crippen LogP contribution >= 0.6 is 11.8 Å². The van der Waals surface area contributed by atoms with Crippen molar-refractivity contribution < 1.29 is 4.79 Å². The summed E-state index contributed by atoms with van der Waals surface area (Å²) in [6.45, 7) is 1.61. The Morgan fingerprint density at radius 3 is 2.78 bits per heavy atom. The molecular formula is C12H16N4OS. The van der Waals surface area contributed by atoms with Gasteiger partial charge in [0.15, 0.2) is 0 Å². The highest BCUT2D eigenvalue weighted by Gasteiger charge is 2.35. The first kappa shape index (κ1) is 13.0. The molecule has 0 atom stereocenters. The fourth-order valence-electron chi connectivity index (χ4n) is 2.11. The molecule has 1 aromatic rings. The average Bonchev–Trinajstić information content (AvgIpc) is 2.91. The van der Waals surface area contributed by atoms with Gasteiger partial charge < -0.3 is 4.90 Å². The summed E-state index contributed by atoms with van der Waals surface area (Å²) in [5.74, 6) is 0.0753. The van der Waals surface area contributed by atoms with E-state index >= 15 is 0 Å². The number of nitrogens with zero attached hydrogens (tertiary/aromatic N) is 4. The van der Waals surface area contributed by atoms with Crippen molar-refractivity contribution in [2.75, 3.05) is 19.3 Å². The van der Waals surface area contributed by atoms with Gasteiger partial charge in [0.05, 0.1) is 6.07 Å². The van der Waals surface area contributed by atoms with Gasteiger partial charge in [0.2, 0.25) is 5.91 Å². The monoisotopic (exact) mass is 264 g/mol. The lowest BCUT2D eigenvalue weighted by atomic mass is 9.97. The number of rotatable bonds is 3. The van der Waals surface area contributed by atoms with E-state index in [1.165, 1.54) is 0 Å². The Hall–Kier alpha value is -1.48. The van der Waals surface area contributed by atoms with Gasteiger partial charge in [0.1, 0.15) is 11.3 Å². The van der Waals surface area contributed by atoms with E-state index in [1.54, 1.807) is 34.9 Å². The van der Waals surface area contributed by atoms with Crippen molar-refractivity contribution in [2.24, 2.45) is 0 Å². The highest BCUT2D eigenvalue weighted by atomic mass is 32.2. The average molecular weight is 264 g/mol. The van der Waals surface area contributed by atoms with E-state index in [0.29, 0.717) is 13.1 Å². The van der Waals surface area contributed by atoms with Gasteiger partial charge in [-0.05, 0) is 25.2 Å². The third-order valence-electron chi connectivity index (χ3n) is 3.37. The molecule has 0 aromatic carbocycles. The van der Waals surface area contributed by atoms with Crippen LogP contribution in [0.2, 0.25) is 0 Å². The lowest BCUT2D eigenvalue weighted by Crippen LogP contribution is -2.45. The minimum Gasteiger partial charge on any atom is -0.341 e. The summed E-state index contributed by atoms with van der Waals surface area (Å²) < 4.78 is 1.32. The second kappa shape index (κ2) is 5.44. The Bertz CT molecular complexity index is 443. The standard InChI is InChI=1S/C12H16N4OS/c1-18-12(10-13)3-7-15(8-4-12)11(17)9-16-6-2-5-14-16/h2,5-6H,3-4,7-9H2,1H3. The van der Waals surface area contributed by atoms with Gasteiger partial charge in [0.25, 0.3) is 0 Å². The second-order valence-electron chi connectivity index (χ2n) is 4.39. The van der Waals surface area contributed by atoms with E-state index in [-0.39, 0.29) is 17.2 Å². The van der Waals surface area contributed by atoms with Crippen molar-refractivity contribution in [1.29, 1.82) is 5.26 Å². The van der Waals surface area contributed by atoms with Gasteiger partial charge in [-0.1, -0.05) is 0 Å². The van der Waals surface area contributed by atoms with Gasteiger partial charge in [0, 0.05) is 25.5 Å². The number of aromatic nitrogens is 2. The molecular weight excluding hydrogens is 248 g/mol. The lowest BCUT2D eigenvalue weighted by molar-refractivity contribution is -0.133. The summed E-state index contributed by atoms with van der Waals surface area (Å²) in [5, 5.41) is 13.2. The van der Waals surface area contributed by atoms with Crippen LogP contribution in [0.1, 0.15) is 12.8 Å². The Morgan fingerprint density at radius 1 is 1.56 bits per heavy atom. The predicted octanol–water partition coefficient (Wildman–Crippen LogP) is 1.13. The van der Waals surface area contributed by atoms with E-state index in [0.717, 1.165) is 12.8 Å². The van der Waals surface area contributed by atoms with Crippen molar-refractivity contribution in [1.82, 2.24) is 14.7 Å². The molecule has 96 valence electrons. The molecule has 0 unspecified atom stereocenters. The topological polar surface area (TPSA) is 61.9 Å². The molecule has 1 aromatic heterocycles. The zero-order valence-corrected chi connectivity index (χ0v) is 11.2. The van der Waals surface area contributed by atoms with Gasteiger partial charge in [-0.25, -0.2) is 0 Å². The van der Waals surface area contributed by atoms with Crippen LogP contribution in [-0.4, -0.2) is 44.7 Å². The molecule has 0 aliphatic carbocycles. The smallest absolute Gasteiger partial charge is 0.244 e. The zero-order valence-electron chi connectivity index (χ0n) is 10.4. The molecule has 0 bridgehead atoms. The van der Waals surface area contributed by atoms with Crippen LogP contribution in [0.4, 0.5) is 0 Å². The van der Waals surface area contributed by atoms with E-state index in [2.05, 4.69) is 11.2 Å². The Labute approximate surface area is 111 Å². The van der Waals surface area contributed by atoms with Crippen LogP contribution in [0.3, 0.4) is 0 Å². The number of carbonyl (C=O) groups is 1. The van der Waals surface area contributed by atoms with Gasteiger partial charge in [-0.3, -0.25) is 9.48 Å². The maximum atomic E-state index is 12.0. The quantitative estimate of drug-likeness (QED) is 0.821. The Balaban J connectivity index is 1.90. The molecule has 0 saturated carbocycles. The molecule has 0 radical (unpaired) electrons. The van der Waals surface area contributed by atoms with E-state index in [9.17, 15) is 10.1 Å². The molecule has 6 heteroatoms. The van der Waals surface area contributed by atoms with Gasteiger partial charge in [-0.15, -0.1) is 11.8 Å². The normalized spacial score (nSPS) is 18.3. The Morgan fingerprint density at radius 2 is 2.28 bits per heavy atom. The number of hydrogen-bond acceptors (Lipinski definition) is 4. The largest absolute Gasteiger partial charge is 0.341 e. The second-order valence-corrected chi connectivity index (χ2v) is 5.58. The minimum atomic E-state index is -0.303. The number of likely N-dealkylation sites (tertiary alicyclic amines) is 1. The highest BCUT2D eigenvalue weighted by molar-refractivity contribution is 8.00. The summed E-state index contributed by atoms with van der Waals surface area (Å²) in [4.78, 5) is 13.9. The molecule has 2 rings (SSSR count). The first-order valence-electron chi connectivity index (χ1n) is 5.91. The number of hydrogen-bond donors (Lipinski definition) is 0. The number of piperidine rings is 1. The fraction of sp³-hybridized carbons (Fsp3) is 0.583. The first-order chi connectivity index (χ1) is 8.69. The van der Waals surface area contributed by atoms with E-state index in [1.807, 2.05) is 11.2 Å². The van der Waals surface area contributed by atoms with E-state index in [4.69, 9.17) is 0 Å². The van der Waals surface area contributed by atoms with Crippen LogP contribution in [0.25, 0.3) is 0 Å². The zero-order chi connectivity index (χ0) is 13.0. The van der Waals surface area contributed by atoms with Gasteiger partial charge >= 0.3 is 0 Å². The Kier molecular flexibility index (Phi) is 3.92. The van der Waals surface area contributed by atoms with Crippen molar-refractivity contribution >= 4 is 17.7 Å². The molecule has 0 spiro atoms. The molecule has 2 heterocycles. The van der Waals surface area contributed by atoms with Crippen molar-refractivity contribution in [2.45, 2.75) is 24.1 Å². The number of amides is 1. The summed E-state index contributed by atoms with van der Waals surface area (Å²) in [7, 11) is 0. The molecule has 1 amide bonds. The van der Waals surface area contributed by atoms with Crippen molar-refractivity contribution in [3.8, 4) is 6.07 Å². The molecule has 18 heavy (non-hydrogen) atoms. The fourth-order valence-corrected chi connectivity index (χ4v) is 2.79. The van der Waals surface area contributed by atoms with Crippen LogP contribution in [0, 0.1) is 11.3 Å². The molecule has 1 aliphatic rings. The lowest BCUT2D eigenvalue weighted by Gasteiger charge is -2.36. The molecule has 1 fully saturated rings. The SMILES string of the molecule is CSC1(C#N)CCN(C(=O)Cn2cccn2)CC1. The third kappa shape index (κ3) is 2.67. The minimum absolute atomic E-state index is 0.0753. The summed E-state index contributed by atoms with van der Waals surface area (Å²) in [6, 6.07) is 4.18. The molecule has 5 nitrogen and oxygen atoms in total. The number of carbonyl (C=O) groups excluding carboxylic acids is 1. The van der Waals surface area contributed by atoms with Crippen LogP contribution in [0.15, 0.2) is 18.5 Å². The predicted molar refractivity (Wildman–Crippen MR) is 69.9 cm³/mol. The summed E-state index contributed by atoms with van der Waals surface area (Å²) >= 11 is 1.60. The van der Waals surface area contributed by atoms with Crippen LogP contribution < -0.4 is 0 Å². The molecule has 1 aliphatic heterocycles. The summed E-state index contributed by atoms with van der Waals surface area (Å²) in [5.41, 5.74) is 0. The van der Waals surface area contributed by atoms with Crippen molar-refractivity contribution in [3.63, 3.8) is 0 Å².